The number of carbonyl (C=O) groups is 3. The van der Waals surface area contributed by atoms with Gasteiger partial charge in [0.05, 0.1) is 0 Å². The summed E-state index contributed by atoms with van der Waals surface area (Å²) in [5, 5.41) is 0. The van der Waals surface area contributed by atoms with E-state index in [4.69, 9.17) is 14.2 Å². The van der Waals surface area contributed by atoms with Crippen LogP contribution in [-0.4, -0.2) is 37.2 Å². The van der Waals surface area contributed by atoms with Crippen molar-refractivity contribution in [3.8, 4) is 0 Å². The molecule has 0 bridgehead atoms. The number of hydrogen-bond donors (Lipinski definition) is 0. The van der Waals surface area contributed by atoms with E-state index in [1.807, 2.05) is 0 Å². The molecule has 0 aliphatic rings. The quantitative estimate of drug-likeness (QED) is 0.0261. The fraction of sp³-hybridized carbons (Fsp3) is 0.855. The molecule has 1 unspecified atom stereocenters. The van der Waals surface area contributed by atoms with Crippen molar-refractivity contribution in [2.24, 2.45) is 0 Å². The molecule has 0 amide bonds. The molecule has 0 fully saturated rings. The molecule has 82 heavy (non-hydrogen) atoms. The minimum Gasteiger partial charge on any atom is -0.462 e. The normalized spacial score (nSPS) is 12.3. The predicted molar refractivity (Wildman–Crippen MR) is 358 cm³/mol. The van der Waals surface area contributed by atoms with Crippen LogP contribution in [0.25, 0.3) is 0 Å². The molecule has 6 heteroatoms. The zero-order valence-electron chi connectivity index (χ0n) is 55.3. The van der Waals surface area contributed by atoms with E-state index in [2.05, 4.69) is 69.4 Å². The Morgan fingerprint density at radius 1 is 0.244 bits per heavy atom. The van der Waals surface area contributed by atoms with Crippen molar-refractivity contribution in [3.05, 3.63) is 48.6 Å². The van der Waals surface area contributed by atoms with Gasteiger partial charge in [-0.1, -0.05) is 345 Å². The van der Waals surface area contributed by atoms with Gasteiger partial charge in [0, 0.05) is 19.3 Å². The third-order valence-corrected chi connectivity index (χ3v) is 16.6. The molecule has 0 aromatic rings. The molecule has 0 aliphatic heterocycles. The lowest BCUT2D eigenvalue weighted by Gasteiger charge is -2.18. The Balaban J connectivity index is 4.21. The molecule has 480 valence electrons. The SMILES string of the molecule is CCCCCCC/C=C\C/C=C\C/C=C\CCCCCCCCCCCCCCC(=O)OCC(COC(=O)CCCCCCCCCCCCCC)OC(=O)CCCCCCCCCCCCCCC/C=C\CCCCCCCCCC. The number of ether oxygens (including phenoxy) is 3. The average molecular weight is 1150 g/mol. The second-order valence-electron chi connectivity index (χ2n) is 24.9. The zero-order chi connectivity index (χ0) is 59.2. The highest BCUT2D eigenvalue weighted by atomic mass is 16.6. The molecule has 1 atom stereocenters. The van der Waals surface area contributed by atoms with E-state index in [1.165, 1.54) is 289 Å². The highest BCUT2D eigenvalue weighted by Gasteiger charge is 2.19. The number of esters is 3. The summed E-state index contributed by atoms with van der Waals surface area (Å²) < 4.78 is 17.0. The van der Waals surface area contributed by atoms with Crippen molar-refractivity contribution >= 4 is 17.9 Å². The van der Waals surface area contributed by atoms with Gasteiger partial charge in [-0.2, -0.15) is 0 Å². The lowest BCUT2D eigenvalue weighted by atomic mass is 10.0. The molecule has 0 aliphatic carbocycles. The van der Waals surface area contributed by atoms with Gasteiger partial charge in [0.15, 0.2) is 6.10 Å². The Kier molecular flexibility index (Phi) is 68.6. The summed E-state index contributed by atoms with van der Waals surface area (Å²) in [5.41, 5.74) is 0. The van der Waals surface area contributed by atoms with Crippen LogP contribution in [0.3, 0.4) is 0 Å². The lowest BCUT2D eigenvalue weighted by molar-refractivity contribution is -0.167. The van der Waals surface area contributed by atoms with Crippen LogP contribution in [0.4, 0.5) is 0 Å². The maximum absolute atomic E-state index is 13.0. The van der Waals surface area contributed by atoms with Gasteiger partial charge in [0.25, 0.3) is 0 Å². The largest absolute Gasteiger partial charge is 0.462 e. The minimum atomic E-state index is -0.772. The van der Waals surface area contributed by atoms with Gasteiger partial charge in [-0.25, -0.2) is 0 Å². The Hall–Kier alpha value is -2.63. The van der Waals surface area contributed by atoms with Crippen molar-refractivity contribution in [3.63, 3.8) is 0 Å². The van der Waals surface area contributed by atoms with Crippen LogP contribution in [0.1, 0.15) is 400 Å². The molecular weight excluding hydrogens is 1010 g/mol. The second-order valence-corrected chi connectivity index (χ2v) is 24.9. The second kappa shape index (κ2) is 70.9. The summed E-state index contributed by atoms with van der Waals surface area (Å²) in [6.07, 6.45) is 90.0. The van der Waals surface area contributed by atoms with Crippen LogP contribution in [0.2, 0.25) is 0 Å². The third kappa shape index (κ3) is 68.2. The number of carbonyl (C=O) groups excluding carboxylic acids is 3. The van der Waals surface area contributed by atoms with E-state index >= 15 is 0 Å². The zero-order valence-corrected chi connectivity index (χ0v) is 55.3. The smallest absolute Gasteiger partial charge is 0.306 e. The Morgan fingerprint density at radius 2 is 0.439 bits per heavy atom. The van der Waals surface area contributed by atoms with Gasteiger partial charge in [-0.15, -0.1) is 0 Å². The van der Waals surface area contributed by atoms with Gasteiger partial charge in [0.2, 0.25) is 0 Å². The van der Waals surface area contributed by atoms with Gasteiger partial charge in [-0.3, -0.25) is 14.4 Å². The highest BCUT2D eigenvalue weighted by Crippen LogP contribution is 2.18. The van der Waals surface area contributed by atoms with Gasteiger partial charge >= 0.3 is 17.9 Å². The van der Waals surface area contributed by atoms with Crippen LogP contribution in [0.15, 0.2) is 48.6 Å². The van der Waals surface area contributed by atoms with E-state index in [0.717, 1.165) is 70.6 Å². The van der Waals surface area contributed by atoms with E-state index in [0.29, 0.717) is 19.3 Å². The molecule has 0 N–H and O–H groups in total. The predicted octanol–water partition coefficient (Wildman–Crippen LogP) is 25.3. The molecule has 0 aromatic carbocycles. The van der Waals surface area contributed by atoms with Crippen LogP contribution >= 0.6 is 0 Å². The topological polar surface area (TPSA) is 78.9 Å². The maximum atomic E-state index is 13.0. The van der Waals surface area contributed by atoms with E-state index in [9.17, 15) is 14.4 Å². The van der Waals surface area contributed by atoms with Crippen molar-refractivity contribution < 1.29 is 28.6 Å². The molecule has 0 aromatic heterocycles. The molecule has 0 saturated heterocycles. The fourth-order valence-electron chi connectivity index (χ4n) is 11.0. The maximum Gasteiger partial charge on any atom is 0.306 e. The monoisotopic (exact) mass is 1150 g/mol. The Bertz CT molecular complexity index is 1410. The van der Waals surface area contributed by atoms with Crippen LogP contribution in [-0.2, 0) is 28.6 Å². The lowest BCUT2D eigenvalue weighted by Crippen LogP contribution is -2.30. The summed E-state index contributed by atoms with van der Waals surface area (Å²) in [6.45, 7) is 6.69. The first-order chi connectivity index (χ1) is 40.5. The number of allylic oxidation sites excluding steroid dienone is 8. The van der Waals surface area contributed by atoms with Crippen molar-refractivity contribution in [2.45, 2.75) is 406 Å². The fourth-order valence-corrected chi connectivity index (χ4v) is 11.0. The van der Waals surface area contributed by atoms with Crippen molar-refractivity contribution in [1.82, 2.24) is 0 Å². The summed E-state index contributed by atoms with van der Waals surface area (Å²) in [6, 6.07) is 0. The number of unbranched alkanes of at least 4 members (excludes halogenated alkanes) is 49. The van der Waals surface area contributed by atoms with E-state index in [1.54, 1.807) is 0 Å². The first-order valence-corrected chi connectivity index (χ1v) is 36.6. The Labute approximate surface area is 511 Å². The minimum absolute atomic E-state index is 0.0684. The molecular formula is C76H140O6. The van der Waals surface area contributed by atoms with Crippen LogP contribution < -0.4 is 0 Å². The van der Waals surface area contributed by atoms with Gasteiger partial charge in [-0.05, 0) is 83.5 Å². The summed E-state index contributed by atoms with van der Waals surface area (Å²) in [4.78, 5) is 38.4. The highest BCUT2D eigenvalue weighted by molar-refractivity contribution is 5.71. The first-order valence-electron chi connectivity index (χ1n) is 36.6. The molecule has 0 spiro atoms. The summed E-state index contributed by atoms with van der Waals surface area (Å²) >= 11 is 0. The first kappa shape index (κ1) is 79.4. The molecule has 6 nitrogen and oxygen atoms in total. The summed E-state index contributed by atoms with van der Waals surface area (Å²) in [5.74, 6) is -0.843. The van der Waals surface area contributed by atoms with Crippen molar-refractivity contribution in [1.29, 1.82) is 0 Å². The Morgan fingerprint density at radius 3 is 0.695 bits per heavy atom. The number of hydrogen-bond acceptors (Lipinski definition) is 6. The van der Waals surface area contributed by atoms with Crippen LogP contribution in [0, 0.1) is 0 Å². The van der Waals surface area contributed by atoms with Crippen molar-refractivity contribution in [2.75, 3.05) is 13.2 Å². The van der Waals surface area contributed by atoms with Gasteiger partial charge in [0.1, 0.15) is 13.2 Å². The number of rotatable bonds is 68. The van der Waals surface area contributed by atoms with E-state index < -0.39 is 6.10 Å². The standard InChI is InChI=1S/C76H140O6/c1-4-7-10-13-16-19-22-25-27-29-31-33-35-37-38-40-41-43-45-47-49-51-54-57-60-63-66-69-75(78)81-72-73(71-80-74(77)68-65-62-59-56-53-24-21-18-15-12-9-6-3)82-76(79)70-67-64-61-58-55-52-50-48-46-44-42-39-36-34-32-30-28-26-23-20-17-14-11-8-5-2/h22,25,29-32,35,37,73H,4-21,23-24,26-28,33-34,36,38-72H2,1-3H3/b25-22-,31-29-,32-30-,37-35-. The third-order valence-electron chi connectivity index (χ3n) is 16.6. The van der Waals surface area contributed by atoms with Gasteiger partial charge < -0.3 is 14.2 Å². The van der Waals surface area contributed by atoms with Crippen LogP contribution in [0.5, 0.6) is 0 Å². The molecule has 0 saturated carbocycles. The molecule has 0 rings (SSSR count). The molecule has 0 radical (unpaired) electrons. The van der Waals surface area contributed by atoms with E-state index in [-0.39, 0.29) is 31.1 Å². The summed E-state index contributed by atoms with van der Waals surface area (Å²) in [7, 11) is 0. The molecule has 0 heterocycles. The average Bonchev–Trinajstić information content (AvgIpc) is 3.47.